The summed E-state index contributed by atoms with van der Waals surface area (Å²) in [6.07, 6.45) is 0. The molecule has 1 unspecified atom stereocenters. The van der Waals surface area contributed by atoms with E-state index >= 15 is 0 Å². The molecule has 1 atom stereocenters. The predicted molar refractivity (Wildman–Crippen MR) is 86.1 cm³/mol. The van der Waals surface area contributed by atoms with Gasteiger partial charge in [0.1, 0.15) is 0 Å². The van der Waals surface area contributed by atoms with Crippen LogP contribution in [0.2, 0.25) is 0 Å². The Morgan fingerprint density at radius 2 is 1.52 bits per heavy atom. The Balaban J connectivity index is 0.00000312. The van der Waals surface area contributed by atoms with Crippen LogP contribution in [0, 0.1) is 26.1 Å². The molecule has 2 aromatic carbocycles. The summed E-state index contributed by atoms with van der Waals surface area (Å²) < 4.78 is 28.1. The second-order valence-electron chi connectivity index (χ2n) is 4.29. The zero-order chi connectivity index (χ0) is 17.7. The number of nitro benzene ring substituents is 1. The molecular weight excluding hydrogens is 381 g/mol. The maximum absolute atomic E-state index is 12.3. The number of benzene rings is 2. The fourth-order valence-corrected chi connectivity index (χ4v) is 4.74. The number of nitro groups is 2. The molecule has 0 amide bonds. The molecule has 0 saturated carbocycles. The largest absolute Gasteiger partial charge is 1.00 e. The first-order valence-corrected chi connectivity index (χ1v) is 8.98. The number of sulfonamides is 1. The van der Waals surface area contributed by atoms with Crippen LogP contribution in [-0.2, 0) is 20.7 Å². The normalized spacial score (nSPS) is 12.0. The molecule has 0 bridgehead atoms. The van der Waals surface area contributed by atoms with E-state index in [1.54, 1.807) is 6.07 Å². The smallest absolute Gasteiger partial charge is 0.294 e. The third-order valence-electron chi connectivity index (χ3n) is 2.69. The number of nitrogens with zero attached hydrogens (tertiary/aromatic N) is 3. The molecule has 0 aliphatic carbocycles. The van der Waals surface area contributed by atoms with Crippen LogP contribution in [0.3, 0.4) is 0 Å². The Labute approximate surface area is 167 Å². The quantitative estimate of drug-likeness (QED) is 0.283. The van der Waals surface area contributed by atoms with Crippen LogP contribution in [0.4, 0.5) is 5.69 Å². The zero-order valence-corrected chi connectivity index (χ0v) is 16.5. The molecular formula is C13H10N3NaO6S2. The van der Waals surface area contributed by atoms with E-state index in [0.717, 1.165) is 6.07 Å². The predicted octanol–water partition coefficient (Wildman–Crippen LogP) is -0.456. The first-order chi connectivity index (χ1) is 11.3. The van der Waals surface area contributed by atoms with Crippen molar-refractivity contribution in [2.45, 2.75) is 9.79 Å². The van der Waals surface area contributed by atoms with Gasteiger partial charge in [0.25, 0.3) is 15.7 Å². The average Bonchev–Trinajstić information content (AvgIpc) is 2.54. The maximum atomic E-state index is 12.3. The molecule has 2 aromatic rings. The van der Waals surface area contributed by atoms with E-state index in [1.165, 1.54) is 42.5 Å². The number of hydrogen-bond donors (Lipinski definition) is 0. The summed E-state index contributed by atoms with van der Waals surface area (Å²) in [6.45, 7) is 0. The van der Waals surface area contributed by atoms with Crippen molar-refractivity contribution < 1.29 is 47.8 Å². The summed E-state index contributed by atoms with van der Waals surface area (Å²) >= 11 is 0. The maximum Gasteiger partial charge on any atom is 1.00 e. The molecule has 2 rings (SSSR count). The van der Waals surface area contributed by atoms with Gasteiger partial charge in [0.05, 0.1) is 14.7 Å². The van der Waals surface area contributed by atoms with E-state index in [1.807, 2.05) is 0 Å². The molecule has 0 aliphatic rings. The van der Waals surface area contributed by atoms with Crippen molar-refractivity contribution in [2.75, 3.05) is 0 Å². The van der Waals surface area contributed by atoms with Gasteiger partial charge in [-0.1, -0.05) is 35.3 Å². The number of para-hydroxylation sites is 1. The van der Waals surface area contributed by atoms with Gasteiger partial charge in [-0.05, 0) is 18.2 Å². The third kappa shape index (κ3) is 5.61. The van der Waals surface area contributed by atoms with Crippen molar-refractivity contribution in [2.24, 2.45) is 3.77 Å². The Kier molecular flexibility index (Phi) is 7.70. The van der Waals surface area contributed by atoms with Crippen LogP contribution >= 0.6 is 0 Å². The van der Waals surface area contributed by atoms with Crippen molar-refractivity contribution >= 4 is 26.4 Å². The van der Waals surface area contributed by atoms with Gasteiger partial charge in [-0.15, -0.1) is 10.7 Å². The van der Waals surface area contributed by atoms with Crippen molar-refractivity contribution in [3.05, 3.63) is 80.7 Å². The van der Waals surface area contributed by atoms with Gasteiger partial charge in [-0.3, -0.25) is 20.2 Å². The van der Waals surface area contributed by atoms with Gasteiger partial charge < -0.3 is 0 Å². The minimum Gasteiger partial charge on any atom is -0.294 e. The second kappa shape index (κ2) is 9.06. The van der Waals surface area contributed by atoms with Gasteiger partial charge in [0.2, 0.25) is 0 Å². The van der Waals surface area contributed by atoms with E-state index in [4.69, 9.17) is 0 Å². The molecule has 0 aromatic heterocycles. The van der Waals surface area contributed by atoms with Gasteiger partial charge in [0.15, 0.2) is 0 Å². The van der Waals surface area contributed by atoms with Crippen molar-refractivity contribution in [3.8, 4) is 0 Å². The van der Waals surface area contributed by atoms with Gasteiger partial charge in [-0.25, -0.2) is 0 Å². The molecule has 25 heavy (non-hydrogen) atoms. The van der Waals surface area contributed by atoms with Crippen LogP contribution in [0.5, 0.6) is 0 Å². The summed E-state index contributed by atoms with van der Waals surface area (Å²) in [6, 6.07) is 12.3. The Morgan fingerprint density at radius 1 is 0.960 bits per heavy atom. The SMILES string of the molecule is O=[N+]([O-])[CH-]/S(=N\S(=O)(=O)c1ccccc1)c1ccccc1[N+](=O)[O-].[Na+]. The minimum atomic E-state index is -4.22. The van der Waals surface area contributed by atoms with Crippen molar-refractivity contribution in [3.63, 3.8) is 0 Å². The topological polar surface area (TPSA) is 133 Å². The Bertz CT molecular complexity index is 918. The van der Waals surface area contributed by atoms with Crippen LogP contribution in [0.25, 0.3) is 0 Å². The molecule has 9 nitrogen and oxygen atoms in total. The molecule has 0 saturated heterocycles. The molecule has 0 radical (unpaired) electrons. The summed E-state index contributed by atoms with van der Waals surface area (Å²) in [5.41, 5.74) is -0.439. The van der Waals surface area contributed by atoms with Crippen LogP contribution in [0.1, 0.15) is 0 Å². The van der Waals surface area contributed by atoms with Gasteiger partial charge in [0, 0.05) is 11.9 Å². The fraction of sp³-hybridized carbons (Fsp3) is 0. The average molecular weight is 391 g/mol. The molecule has 0 heterocycles. The first-order valence-electron chi connectivity index (χ1n) is 6.29. The monoisotopic (exact) mass is 391 g/mol. The van der Waals surface area contributed by atoms with Gasteiger partial charge >= 0.3 is 29.6 Å². The zero-order valence-electron chi connectivity index (χ0n) is 12.9. The molecule has 126 valence electrons. The van der Waals surface area contributed by atoms with E-state index in [9.17, 15) is 28.6 Å². The molecule has 0 spiro atoms. The molecule has 0 fully saturated rings. The molecule has 0 aliphatic heterocycles. The van der Waals surface area contributed by atoms with Crippen LogP contribution in [-0.4, -0.2) is 18.3 Å². The minimum absolute atomic E-state index is 0. The van der Waals surface area contributed by atoms with E-state index in [0.29, 0.717) is 5.88 Å². The molecule has 12 heteroatoms. The van der Waals surface area contributed by atoms with Crippen molar-refractivity contribution in [1.29, 1.82) is 0 Å². The summed E-state index contributed by atoms with van der Waals surface area (Å²) in [7, 11) is -6.17. The second-order valence-corrected chi connectivity index (χ2v) is 7.59. The summed E-state index contributed by atoms with van der Waals surface area (Å²) in [5, 5.41) is 21.9. The van der Waals surface area contributed by atoms with Crippen LogP contribution in [0.15, 0.2) is 68.2 Å². The third-order valence-corrected chi connectivity index (χ3v) is 6.16. The van der Waals surface area contributed by atoms with E-state index in [2.05, 4.69) is 3.77 Å². The van der Waals surface area contributed by atoms with E-state index in [-0.39, 0.29) is 39.3 Å². The first kappa shape index (κ1) is 21.3. The molecule has 0 N–H and O–H groups in total. The summed E-state index contributed by atoms with van der Waals surface area (Å²) in [5.74, 6) is 0.433. The van der Waals surface area contributed by atoms with Crippen LogP contribution < -0.4 is 29.6 Å². The van der Waals surface area contributed by atoms with Gasteiger partial charge in [-0.2, -0.15) is 12.2 Å². The van der Waals surface area contributed by atoms with Crippen molar-refractivity contribution in [1.82, 2.24) is 0 Å². The fourth-order valence-electron chi connectivity index (χ4n) is 1.72. The Hall–Kier alpha value is -1.79. The summed E-state index contributed by atoms with van der Waals surface area (Å²) in [4.78, 5) is 20.0. The standard InChI is InChI=1S/C13H10N3O6S2.Na/c17-15(18)10-23(13-9-5-4-8-12(13)16(19)20)14-24(21,22)11-6-2-1-3-7-11;/h1-10H;/q-1;+1. The van der Waals surface area contributed by atoms with E-state index < -0.39 is 36.2 Å². The Morgan fingerprint density at radius 3 is 2.08 bits per heavy atom. The number of hydrogen-bond acceptors (Lipinski definition) is 6. The number of rotatable bonds is 6.